The Morgan fingerprint density at radius 1 is 0.702 bits per heavy atom. The predicted molar refractivity (Wildman–Crippen MR) is 233 cm³/mol. The molecule has 10 nitrogen and oxygen atoms in total. The monoisotopic (exact) mass is 764 g/mol. The van der Waals surface area contributed by atoms with E-state index in [9.17, 15) is 9.59 Å². The number of carbonyl (C=O) groups is 2. The summed E-state index contributed by atoms with van der Waals surface area (Å²) in [5.74, 6) is 0.595. The van der Waals surface area contributed by atoms with Crippen LogP contribution in [0.25, 0.3) is 21.8 Å². The summed E-state index contributed by atoms with van der Waals surface area (Å²) < 4.78 is 0. The summed E-state index contributed by atoms with van der Waals surface area (Å²) in [4.78, 5) is 48.4. The van der Waals surface area contributed by atoms with Crippen molar-refractivity contribution in [3.05, 3.63) is 137 Å². The van der Waals surface area contributed by atoms with Gasteiger partial charge >= 0.3 is 0 Å². The molecule has 1 aliphatic heterocycles. The molecule has 10 heteroatoms. The summed E-state index contributed by atoms with van der Waals surface area (Å²) in [6, 6.07) is 32.2. The van der Waals surface area contributed by atoms with Gasteiger partial charge in [-0.1, -0.05) is 87.5 Å². The zero-order chi connectivity index (χ0) is 39.9. The number of nitrogens with zero attached hydrogens (tertiary/aromatic N) is 5. The first kappa shape index (κ1) is 39.4. The minimum Gasteiger partial charge on any atom is -0.361 e. The van der Waals surface area contributed by atoms with Crippen LogP contribution in [0, 0.1) is 0 Å². The van der Waals surface area contributed by atoms with Crippen molar-refractivity contribution in [2.45, 2.75) is 39.0 Å². The van der Waals surface area contributed by atoms with Crippen LogP contribution in [0.5, 0.6) is 0 Å². The van der Waals surface area contributed by atoms with Crippen LogP contribution in [-0.4, -0.2) is 114 Å². The number of hydrogen-bond donors (Lipinski definition) is 3. The Morgan fingerprint density at radius 3 is 1.86 bits per heavy atom. The fraction of sp³-hybridized carbons (Fsp3) is 0.340. The molecule has 3 heterocycles. The average molecular weight is 765 g/mol. The lowest BCUT2D eigenvalue weighted by Gasteiger charge is -2.37. The van der Waals surface area contributed by atoms with Crippen molar-refractivity contribution < 1.29 is 9.59 Å². The first-order chi connectivity index (χ1) is 27.6. The molecule has 0 spiro atoms. The summed E-state index contributed by atoms with van der Waals surface area (Å²) in [5.41, 5.74) is 7.71. The standard InChI is InChI=1S/C47H56N8O2/c1-47(2,3)40-18-10-13-21-43(40)51-46(48-4)55-30-27-53(28-31-55)26-29-54(25-23-35-33-50-42-20-12-9-15-37(35)42)45(57)39-17-7-6-16-38(39)44(56)52(5)24-22-34-32-49-41-19-11-8-14-36(34)41/h6-21,32-33,49-50H,22-31H2,1-5H3,(H,48,51). The number of aromatic nitrogens is 2. The Hall–Kier alpha value is -5.87. The van der Waals surface area contributed by atoms with Gasteiger partial charge in [-0.25, -0.2) is 0 Å². The van der Waals surface area contributed by atoms with Crippen LogP contribution in [0.1, 0.15) is 58.2 Å². The van der Waals surface area contributed by atoms with E-state index in [2.05, 4.69) is 99.4 Å². The van der Waals surface area contributed by atoms with Gasteiger partial charge in [0.15, 0.2) is 5.96 Å². The number of guanidine groups is 1. The van der Waals surface area contributed by atoms with E-state index in [4.69, 9.17) is 0 Å². The number of piperazine rings is 1. The number of aromatic amines is 2. The van der Waals surface area contributed by atoms with E-state index in [0.29, 0.717) is 43.6 Å². The number of nitrogens with one attached hydrogen (secondary N) is 3. The van der Waals surface area contributed by atoms with Gasteiger partial charge in [-0.3, -0.25) is 19.5 Å². The predicted octanol–water partition coefficient (Wildman–Crippen LogP) is 7.66. The molecular formula is C47H56N8O2. The smallest absolute Gasteiger partial charge is 0.254 e. The number of aliphatic imine (C=N–C) groups is 1. The van der Waals surface area contributed by atoms with Crippen LogP contribution < -0.4 is 5.32 Å². The molecule has 0 atom stereocenters. The maximum atomic E-state index is 14.6. The molecule has 296 valence electrons. The zero-order valence-corrected chi connectivity index (χ0v) is 34.0. The molecule has 6 aromatic rings. The molecule has 1 fully saturated rings. The van der Waals surface area contributed by atoms with E-state index in [1.165, 1.54) is 27.5 Å². The largest absolute Gasteiger partial charge is 0.361 e. The number of benzene rings is 4. The minimum absolute atomic E-state index is 0.000844. The number of amides is 2. The van der Waals surface area contributed by atoms with E-state index in [1.54, 1.807) is 17.0 Å². The van der Waals surface area contributed by atoms with E-state index >= 15 is 0 Å². The first-order valence-electron chi connectivity index (χ1n) is 20.1. The number of rotatable bonds is 12. The fourth-order valence-corrected chi connectivity index (χ4v) is 7.96. The second-order valence-electron chi connectivity index (χ2n) is 16.1. The molecule has 1 saturated heterocycles. The molecule has 2 aromatic heterocycles. The molecular weight excluding hydrogens is 709 g/mol. The molecule has 7 rings (SSSR count). The summed E-state index contributed by atoms with van der Waals surface area (Å²) in [5, 5.41) is 5.96. The van der Waals surface area contributed by atoms with E-state index in [-0.39, 0.29) is 17.2 Å². The Balaban J connectivity index is 1.03. The topological polar surface area (TPSA) is 103 Å². The summed E-state index contributed by atoms with van der Waals surface area (Å²) in [6.07, 6.45) is 5.47. The SMILES string of the molecule is CN=C(Nc1ccccc1C(C)(C)C)N1CCN(CCN(CCc2c[nH]c3ccccc23)C(=O)c2ccccc2C(=O)N(C)CCc2c[nH]c3ccccc23)CC1. The molecule has 3 N–H and O–H groups in total. The molecule has 0 radical (unpaired) electrons. The van der Waals surface area contributed by atoms with Gasteiger partial charge in [0.1, 0.15) is 0 Å². The van der Waals surface area contributed by atoms with E-state index < -0.39 is 0 Å². The van der Waals surface area contributed by atoms with Crippen molar-refractivity contribution in [2.24, 2.45) is 4.99 Å². The second-order valence-corrected chi connectivity index (χ2v) is 16.1. The number of fused-ring (bicyclic) bond motifs is 2. The highest BCUT2D eigenvalue weighted by molar-refractivity contribution is 6.07. The normalized spacial score (nSPS) is 14.0. The summed E-state index contributed by atoms with van der Waals surface area (Å²) in [6.45, 7) is 12.4. The molecule has 4 aromatic carbocycles. The Kier molecular flexibility index (Phi) is 12.1. The summed E-state index contributed by atoms with van der Waals surface area (Å²) >= 11 is 0. The Morgan fingerprint density at radius 2 is 1.25 bits per heavy atom. The number of H-pyrrole nitrogens is 2. The van der Waals surface area contributed by atoms with Crippen LogP contribution in [0.4, 0.5) is 5.69 Å². The van der Waals surface area contributed by atoms with Gasteiger partial charge in [0.2, 0.25) is 0 Å². The Labute approximate surface area is 336 Å². The van der Waals surface area contributed by atoms with Crippen molar-refractivity contribution >= 4 is 45.3 Å². The Bertz CT molecular complexity index is 2340. The van der Waals surface area contributed by atoms with Gasteiger partial charge in [-0.05, 0) is 65.3 Å². The molecule has 2 amide bonds. The van der Waals surface area contributed by atoms with Crippen LogP contribution in [0.15, 0.2) is 114 Å². The van der Waals surface area contributed by atoms with Gasteiger partial charge in [0.25, 0.3) is 11.8 Å². The lowest BCUT2D eigenvalue weighted by atomic mass is 9.86. The van der Waals surface area contributed by atoms with Gasteiger partial charge in [-0.15, -0.1) is 0 Å². The van der Waals surface area contributed by atoms with Crippen LogP contribution in [0.3, 0.4) is 0 Å². The van der Waals surface area contributed by atoms with Crippen molar-refractivity contribution in [3.8, 4) is 0 Å². The maximum absolute atomic E-state index is 14.6. The molecule has 57 heavy (non-hydrogen) atoms. The number of para-hydroxylation sites is 3. The zero-order valence-electron chi connectivity index (χ0n) is 34.0. The van der Waals surface area contributed by atoms with Crippen molar-refractivity contribution in [1.29, 1.82) is 0 Å². The number of hydrogen-bond acceptors (Lipinski definition) is 4. The van der Waals surface area contributed by atoms with Gasteiger partial charge < -0.3 is 30.0 Å². The van der Waals surface area contributed by atoms with Gasteiger partial charge in [-0.2, -0.15) is 0 Å². The molecule has 0 saturated carbocycles. The lowest BCUT2D eigenvalue weighted by Crippen LogP contribution is -2.52. The quantitative estimate of drug-likeness (QED) is 0.0878. The third-order valence-corrected chi connectivity index (χ3v) is 11.3. The molecule has 0 bridgehead atoms. The fourth-order valence-electron chi connectivity index (χ4n) is 7.96. The van der Waals surface area contributed by atoms with Crippen LogP contribution in [0.2, 0.25) is 0 Å². The number of likely N-dealkylation sites (N-methyl/N-ethyl adjacent to an activating group) is 1. The average Bonchev–Trinajstić information content (AvgIpc) is 3.85. The second kappa shape index (κ2) is 17.5. The maximum Gasteiger partial charge on any atom is 0.254 e. The molecule has 0 unspecified atom stereocenters. The highest BCUT2D eigenvalue weighted by Gasteiger charge is 2.27. The van der Waals surface area contributed by atoms with E-state index in [0.717, 1.165) is 55.4 Å². The number of anilines is 1. The highest BCUT2D eigenvalue weighted by Crippen LogP contribution is 2.30. The molecule has 1 aliphatic rings. The van der Waals surface area contributed by atoms with Crippen molar-refractivity contribution in [2.75, 3.05) is 71.8 Å². The highest BCUT2D eigenvalue weighted by atomic mass is 16.2. The summed E-state index contributed by atoms with van der Waals surface area (Å²) in [7, 11) is 3.66. The van der Waals surface area contributed by atoms with Crippen LogP contribution in [-0.2, 0) is 18.3 Å². The first-order valence-corrected chi connectivity index (χ1v) is 20.1. The third-order valence-electron chi connectivity index (χ3n) is 11.3. The molecule has 0 aliphatic carbocycles. The number of carbonyl (C=O) groups excluding carboxylic acids is 2. The van der Waals surface area contributed by atoms with Crippen LogP contribution >= 0.6 is 0 Å². The van der Waals surface area contributed by atoms with E-state index in [1.807, 2.05) is 67.8 Å². The van der Waals surface area contributed by atoms with Crippen molar-refractivity contribution in [3.63, 3.8) is 0 Å². The minimum atomic E-state index is -0.154. The van der Waals surface area contributed by atoms with Crippen molar-refractivity contribution in [1.82, 2.24) is 29.6 Å². The third kappa shape index (κ3) is 9.07. The van der Waals surface area contributed by atoms with Gasteiger partial charge in [0, 0.05) is 106 Å². The lowest BCUT2D eigenvalue weighted by molar-refractivity contribution is 0.0708. The van der Waals surface area contributed by atoms with Gasteiger partial charge in [0.05, 0.1) is 11.1 Å².